The first-order valence-electron chi connectivity index (χ1n) is 9.06. The Hall–Kier alpha value is -1.01. The first-order valence-corrected chi connectivity index (χ1v) is 9.06. The Labute approximate surface area is 161 Å². The highest BCUT2D eigenvalue weighted by Crippen LogP contribution is 2.06. The van der Waals surface area contributed by atoms with E-state index in [9.17, 15) is 4.79 Å². The van der Waals surface area contributed by atoms with Gasteiger partial charge in [-0.2, -0.15) is 5.48 Å². The van der Waals surface area contributed by atoms with Gasteiger partial charge in [0.1, 0.15) is 5.60 Å². The van der Waals surface area contributed by atoms with Crippen molar-refractivity contribution >= 4 is 6.09 Å². The van der Waals surface area contributed by atoms with E-state index in [1.54, 1.807) is 20.8 Å². The number of hydrogen-bond acceptors (Lipinski definition) is 9. The average Bonchev–Trinajstić information content (AvgIpc) is 2.59. The van der Waals surface area contributed by atoms with Gasteiger partial charge in [-0.15, -0.1) is 0 Å². The molecule has 0 rings (SSSR count). The zero-order chi connectivity index (χ0) is 20.2. The number of amides is 1. The third kappa shape index (κ3) is 23.0. The van der Waals surface area contributed by atoms with Gasteiger partial charge in [0.05, 0.1) is 79.3 Å². The molecule has 2 N–H and O–H groups in total. The van der Waals surface area contributed by atoms with Crippen molar-refractivity contribution < 1.29 is 43.2 Å². The van der Waals surface area contributed by atoms with Crippen LogP contribution < -0.4 is 5.48 Å². The zero-order valence-electron chi connectivity index (χ0n) is 16.7. The highest BCUT2D eigenvalue weighted by molar-refractivity contribution is 5.66. The summed E-state index contributed by atoms with van der Waals surface area (Å²) in [5.41, 5.74) is 1.61. The van der Waals surface area contributed by atoms with Gasteiger partial charge in [0, 0.05) is 0 Å². The van der Waals surface area contributed by atoms with Crippen LogP contribution >= 0.6 is 0 Å². The van der Waals surface area contributed by atoms with E-state index in [0.717, 1.165) is 0 Å². The average molecular weight is 397 g/mol. The maximum absolute atomic E-state index is 11.3. The number of carbonyl (C=O) groups excluding carboxylic acids is 1. The van der Waals surface area contributed by atoms with Crippen molar-refractivity contribution in [2.45, 2.75) is 26.4 Å². The van der Waals surface area contributed by atoms with Gasteiger partial charge in [0.25, 0.3) is 0 Å². The van der Waals surface area contributed by atoms with Crippen molar-refractivity contribution in [1.29, 1.82) is 0 Å². The van der Waals surface area contributed by atoms with E-state index in [1.165, 1.54) is 0 Å². The van der Waals surface area contributed by atoms with Crippen molar-refractivity contribution in [3.8, 4) is 0 Å². The fourth-order valence-corrected chi connectivity index (χ4v) is 1.56. The monoisotopic (exact) mass is 397 g/mol. The lowest BCUT2D eigenvalue weighted by molar-refractivity contribution is -0.0375. The van der Waals surface area contributed by atoms with Crippen molar-refractivity contribution in [3.05, 3.63) is 0 Å². The van der Waals surface area contributed by atoms with Gasteiger partial charge >= 0.3 is 6.09 Å². The van der Waals surface area contributed by atoms with Gasteiger partial charge in [-0.3, -0.25) is 4.84 Å². The standard InChI is InChI=1S/C17H35NO9/c1-17(2,3)27-16(20)18-26-15-14-25-13-12-24-11-10-23-9-8-22-7-6-21-5-4-19/h19H,4-15H2,1-3H3,(H,18,20). The molecule has 0 heterocycles. The summed E-state index contributed by atoms with van der Waals surface area (Å²) in [6.07, 6.45) is -0.633. The van der Waals surface area contributed by atoms with Crippen LogP contribution in [0.15, 0.2) is 0 Å². The van der Waals surface area contributed by atoms with Crippen molar-refractivity contribution in [2.75, 3.05) is 79.3 Å². The Morgan fingerprint density at radius 1 is 0.704 bits per heavy atom. The van der Waals surface area contributed by atoms with Gasteiger partial charge in [-0.1, -0.05) is 0 Å². The molecule has 1 amide bonds. The minimum absolute atomic E-state index is 0.0211. The molecule has 0 fully saturated rings. The van der Waals surface area contributed by atoms with Crippen LogP contribution in [0.4, 0.5) is 4.79 Å². The number of hydroxylamine groups is 1. The smallest absolute Gasteiger partial charge is 0.431 e. The molecule has 0 aromatic rings. The summed E-state index contributed by atoms with van der Waals surface area (Å²) in [6, 6.07) is 0. The topological polar surface area (TPSA) is 114 Å². The predicted octanol–water partition coefficient (Wildman–Crippen LogP) is 0.518. The number of aliphatic hydroxyl groups is 1. The van der Waals surface area contributed by atoms with Crippen LogP contribution in [0.3, 0.4) is 0 Å². The molecule has 0 saturated carbocycles. The number of aliphatic hydroxyl groups excluding tert-OH is 1. The van der Waals surface area contributed by atoms with Crippen molar-refractivity contribution in [3.63, 3.8) is 0 Å². The molecule has 0 unspecified atom stereocenters. The lowest BCUT2D eigenvalue weighted by Gasteiger charge is -2.19. The number of nitrogens with one attached hydrogen (secondary N) is 1. The van der Waals surface area contributed by atoms with E-state index in [1.807, 2.05) is 0 Å². The van der Waals surface area contributed by atoms with Crippen LogP contribution in [0.1, 0.15) is 20.8 Å². The molecular weight excluding hydrogens is 362 g/mol. The maximum atomic E-state index is 11.3. The second-order valence-corrected chi connectivity index (χ2v) is 6.24. The summed E-state index contributed by atoms with van der Waals surface area (Å²) in [7, 11) is 0. The molecule has 0 spiro atoms. The quantitative estimate of drug-likeness (QED) is 0.252. The van der Waals surface area contributed by atoms with Gasteiger partial charge in [-0.05, 0) is 20.8 Å². The van der Waals surface area contributed by atoms with E-state index < -0.39 is 11.7 Å². The zero-order valence-corrected chi connectivity index (χ0v) is 16.7. The molecule has 0 radical (unpaired) electrons. The lowest BCUT2D eigenvalue weighted by Crippen LogP contribution is -2.33. The van der Waals surface area contributed by atoms with Gasteiger partial charge < -0.3 is 33.5 Å². The fourth-order valence-electron chi connectivity index (χ4n) is 1.56. The summed E-state index contributed by atoms with van der Waals surface area (Å²) in [5.74, 6) is 0. The first kappa shape index (κ1) is 26.0. The second-order valence-electron chi connectivity index (χ2n) is 6.24. The Kier molecular flexibility index (Phi) is 17.7. The highest BCUT2D eigenvalue weighted by atomic mass is 16.7. The molecule has 0 aliphatic rings. The van der Waals surface area contributed by atoms with E-state index in [0.29, 0.717) is 66.1 Å². The fraction of sp³-hybridized carbons (Fsp3) is 0.941. The summed E-state index contributed by atoms with van der Waals surface area (Å²) in [6.45, 7) is 9.95. The van der Waals surface area contributed by atoms with Crippen LogP contribution in [0, 0.1) is 0 Å². The molecule has 10 heteroatoms. The van der Waals surface area contributed by atoms with Crippen molar-refractivity contribution in [1.82, 2.24) is 5.48 Å². The Bertz CT molecular complexity index is 337. The highest BCUT2D eigenvalue weighted by Gasteiger charge is 2.15. The number of ether oxygens (including phenoxy) is 6. The van der Waals surface area contributed by atoms with E-state index in [4.69, 9.17) is 38.4 Å². The number of carbonyl (C=O) groups is 1. The van der Waals surface area contributed by atoms with Crippen LogP contribution in [0.25, 0.3) is 0 Å². The van der Waals surface area contributed by atoms with Crippen LogP contribution in [0.5, 0.6) is 0 Å². The van der Waals surface area contributed by atoms with Crippen LogP contribution in [0.2, 0.25) is 0 Å². The van der Waals surface area contributed by atoms with Gasteiger partial charge in [-0.25, -0.2) is 4.79 Å². The minimum atomic E-state index is -0.633. The SMILES string of the molecule is CC(C)(C)OC(=O)NOCCOCCOCCOCCOCCOCCO. The largest absolute Gasteiger partial charge is 0.442 e. The molecule has 0 aliphatic heterocycles. The minimum Gasteiger partial charge on any atom is -0.442 e. The lowest BCUT2D eigenvalue weighted by atomic mass is 10.2. The molecule has 162 valence electrons. The predicted molar refractivity (Wildman–Crippen MR) is 96.5 cm³/mol. The molecule has 0 aliphatic carbocycles. The summed E-state index contributed by atoms with van der Waals surface area (Å²) < 4.78 is 31.3. The molecule has 0 aromatic carbocycles. The van der Waals surface area contributed by atoms with Crippen molar-refractivity contribution in [2.24, 2.45) is 0 Å². The maximum Gasteiger partial charge on any atom is 0.431 e. The number of hydrogen-bond donors (Lipinski definition) is 2. The summed E-state index contributed by atoms with van der Waals surface area (Å²) in [4.78, 5) is 16.2. The Balaban J connectivity index is 3.12. The van der Waals surface area contributed by atoms with Crippen LogP contribution in [-0.4, -0.2) is 96.1 Å². The van der Waals surface area contributed by atoms with Gasteiger partial charge in [0.2, 0.25) is 0 Å². The van der Waals surface area contributed by atoms with Gasteiger partial charge in [0.15, 0.2) is 0 Å². The summed E-state index contributed by atoms with van der Waals surface area (Å²) in [5, 5.41) is 8.51. The Morgan fingerprint density at radius 2 is 1.07 bits per heavy atom. The second kappa shape index (κ2) is 18.4. The third-order valence-electron chi connectivity index (χ3n) is 2.61. The van der Waals surface area contributed by atoms with Crippen LogP contribution in [-0.2, 0) is 33.3 Å². The van der Waals surface area contributed by atoms with E-state index in [-0.39, 0.29) is 13.2 Å². The first-order chi connectivity index (χ1) is 13.0. The molecule has 0 aromatic heterocycles. The normalized spacial score (nSPS) is 11.6. The molecule has 0 atom stereocenters. The summed E-state index contributed by atoms with van der Waals surface area (Å²) >= 11 is 0. The molecule has 0 bridgehead atoms. The molecule has 0 saturated heterocycles. The third-order valence-corrected chi connectivity index (χ3v) is 2.61. The molecule has 10 nitrogen and oxygen atoms in total. The Morgan fingerprint density at radius 3 is 1.44 bits per heavy atom. The van der Waals surface area contributed by atoms with E-state index in [2.05, 4.69) is 5.48 Å². The van der Waals surface area contributed by atoms with E-state index >= 15 is 0 Å². The molecular formula is C17H35NO9. The number of rotatable bonds is 18. The molecule has 27 heavy (non-hydrogen) atoms.